The first-order valence-corrected chi connectivity index (χ1v) is 6.94. The number of nitrogens with zero attached hydrogens (tertiary/aromatic N) is 1. The molecule has 1 radical (unpaired) electrons. The van der Waals surface area contributed by atoms with Gasteiger partial charge in [0, 0.05) is 65.5 Å². The van der Waals surface area contributed by atoms with Crippen molar-refractivity contribution in [1.29, 1.82) is 0 Å². The second-order valence-corrected chi connectivity index (χ2v) is 5.41. The number of aromatic nitrogens is 1. The predicted octanol–water partition coefficient (Wildman–Crippen LogP) is 1.84. The first kappa shape index (κ1) is 23.5. The van der Waals surface area contributed by atoms with Crippen LogP contribution in [0, 0.1) is 49.4 Å². The van der Waals surface area contributed by atoms with Gasteiger partial charge in [0.15, 0.2) is 0 Å². The zero-order valence-corrected chi connectivity index (χ0v) is 15.7. The summed E-state index contributed by atoms with van der Waals surface area (Å²) in [6.45, 7) is 0. The van der Waals surface area contributed by atoms with Crippen molar-refractivity contribution in [3.05, 3.63) is 58.4 Å². The summed E-state index contributed by atoms with van der Waals surface area (Å²) in [6, 6.07) is 11.3. The minimum absolute atomic E-state index is 0. The first-order valence-electron chi connectivity index (χ1n) is 6.94. The zero-order chi connectivity index (χ0) is 17.2. The largest absolute Gasteiger partial charge is 0.506 e. The molecule has 0 aliphatic rings. The Morgan fingerprint density at radius 1 is 0.926 bits per heavy atom. The second kappa shape index (κ2) is 7.80. The maximum absolute atomic E-state index is 12.8. The Kier molecular flexibility index (Phi) is 6.78. The number of para-hydroxylation sites is 2. The number of pyridine rings is 1. The number of halogens is 3. The number of carbonyl (C=O) groups excluding carboxylic acids is 1. The van der Waals surface area contributed by atoms with Crippen LogP contribution in [0.15, 0.2) is 47.3 Å². The molecule has 0 saturated heterocycles. The van der Waals surface area contributed by atoms with E-state index in [1.807, 2.05) is 0 Å². The van der Waals surface area contributed by atoms with Crippen molar-refractivity contribution in [2.45, 2.75) is 6.18 Å². The van der Waals surface area contributed by atoms with Crippen LogP contribution in [-0.4, -0.2) is 32.4 Å². The van der Waals surface area contributed by atoms with Crippen LogP contribution in [-0.2, 0) is 0 Å². The van der Waals surface area contributed by atoms with Crippen molar-refractivity contribution in [3.63, 3.8) is 0 Å². The van der Waals surface area contributed by atoms with Gasteiger partial charge in [-0.2, -0.15) is 13.2 Å². The molecule has 0 aliphatic heterocycles. The number of ketones is 1. The predicted molar refractivity (Wildman–Crippen MR) is 89.1 cm³/mol. The van der Waals surface area contributed by atoms with Crippen LogP contribution in [0.25, 0.3) is 27.2 Å². The molecule has 0 aliphatic carbocycles. The molecule has 0 fully saturated rings. The Bertz CT molecular complexity index is 1200. The van der Waals surface area contributed by atoms with E-state index in [1.54, 1.807) is 36.4 Å². The van der Waals surface area contributed by atoms with E-state index in [9.17, 15) is 27.9 Å². The van der Waals surface area contributed by atoms with E-state index in [0.717, 1.165) is 4.40 Å². The molecule has 2 heterocycles. The van der Waals surface area contributed by atoms with E-state index < -0.39 is 28.8 Å². The molecular weight excluding hydrogens is 507 g/mol. The molecule has 27 heavy (non-hydrogen) atoms. The Hall–Kier alpha value is -1.59. The molecule has 2 aromatic carbocycles. The number of hydrogen-bond acceptors (Lipinski definition) is 3. The second-order valence-electron chi connectivity index (χ2n) is 5.41. The Morgan fingerprint density at radius 3 is 2.11 bits per heavy atom. The number of fused-ring (bicyclic) bond motifs is 3. The van der Waals surface area contributed by atoms with Crippen molar-refractivity contribution in [2.75, 3.05) is 0 Å². The normalized spacial score (nSPS) is 11.1. The van der Waals surface area contributed by atoms with Crippen LogP contribution in [0.1, 0.15) is 10.4 Å². The van der Waals surface area contributed by atoms with Crippen molar-refractivity contribution in [3.8, 4) is 5.75 Å². The molecule has 5 N–H and O–H groups in total. The van der Waals surface area contributed by atoms with Gasteiger partial charge in [-0.15, -0.1) is 0 Å². The summed E-state index contributed by atoms with van der Waals surface area (Å²) >= 11 is 0. The molecular formula is C17H12EuF3NO5. The van der Waals surface area contributed by atoms with Crippen LogP contribution in [0.4, 0.5) is 13.2 Å². The molecule has 143 valence electrons. The Morgan fingerprint density at radius 2 is 1.48 bits per heavy atom. The monoisotopic (exact) mass is 520 g/mol. The molecule has 4 rings (SSSR count). The third-order valence-electron chi connectivity index (χ3n) is 4.09. The number of aromatic hydroxyl groups is 1. The van der Waals surface area contributed by atoms with E-state index in [1.165, 1.54) is 6.07 Å². The van der Waals surface area contributed by atoms with Gasteiger partial charge in [-0.25, -0.2) is 0 Å². The van der Waals surface area contributed by atoms with Gasteiger partial charge >= 0.3 is 6.18 Å². The molecule has 10 heteroatoms. The molecule has 0 spiro atoms. The topological polar surface area (TPSA) is 122 Å². The third kappa shape index (κ3) is 3.25. The maximum atomic E-state index is 12.8. The minimum atomic E-state index is -5.26. The van der Waals surface area contributed by atoms with Gasteiger partial charge in [0.25, 0.3) is 11.3 Å². The first-order chi connectivity index (χ1) is 11.3. The fraction of sp³-hybridized carbons (Fsp3) is 0.0588. The molecule has 2 aromatic heterocycles. The molecule has 4 aromatic rings. The Labute approximate surface area is 189 Å². The quantitative estimate of drug-likeness (QED) is 0.387. The van der Waals surface area contributed by atoms with Crippen LogP contribution in [0.5, 0.6) is 5.75 Å². The maximum Gasteiger partial charge on any atom is 0.455 e. The van der Waals surface area contributed by atoms with E-state index >= 15 is 0 Å². The van der Waals surface area contributed by atoms with Crippen LogP contribution in [0.2, 0.25) is 0 Å². The summed E-state index contributed by atoms with van der Waals surface area (Å²) in [7, 11) is 0. The number of rotatable bonds is 1. The summed E-state index contributed by atoms with van der Waals surface area (Å²) in [6.07, 6.45) is -5.26. The Balaban J connectivity index is 0.00000121. The summed E-state index contributed by atoms with van der Waals surface area (Å²) in [5, 5.41) is 11.5. The van der Waals surface area contributed by atoms with Gasteiger partial charge in [-0.05, 0) is 12.1 Å². The molecule has 0 bridgehead atoms. The summed E-state index contributed by atoms with van der Waals surface area (Å²) in [5.74, 6) is -3.30. The average Bonchev–Trinajstić information content (AvgIpc) is 2.87. The van der Waals surface area contributed by atoms with E-state index in [0.29, 0.717) is 21.8 Å². The summed E-state index contributed by atoms with van der Waals surface area (Å²) in [4.78, 5) is 24.3. The molecule has 0 saturated carbocycles. The number of hydrogen-bond donors (Lipinski definition) is 1. The molecule has 0 unspecified atom stereocenters. The molecule has 0 atom stereocenters. The van der Waals surface area contributed by atoms with Gasteiger partial charge in [0.2, 0.25) is 0 Å². The standard InChI is InChI=1S/C17H8F3NO3.Eu.2H2O/c18-17(19,20)15(23)12-14(22)10-6-3-5-9-8-4-1-2-7-11(8)21(13(9)10)16(12)24;;;/h1-7,22H;;2*1H2. The fourth-order valence-electron chi connectivity index (χ4n) is 3.11. The summed E-state index contributed by atoms with van der Waals surface area (Å²) < 4.78 is 39.5. The number of alkyl halides is 3. The van der Waals surface area contributed by atoms with Crippen molar-refractivity contribution >= 4 is 33.0 Å². The van der Waals surface area contributed by atoms with Crippen LogP contribution in [0.3, 0.4) is 0 Å². The smallest absolute Gasteiger partial charge is 0.455 e. The molecule has 6 nitrogen and oxygen atoms in total. The van der Waals surface area contributed by atoms with Crippen molar-refractivity contribution in [2.24, 2.45) is 0 Å². The SMILES string of the molecule is O.O.O=C(c1c(O)c2cccc3c4ccccc4n(c1=O)c23)C(F)(F)F.[Eu]. The summed E-state index contributed by atoms with van der Waals surface area (Å²) in [5.41, 5.74) is -1.77. The van der Waals surface area contributed by atoms with Gasteiger partial charge in [0.1, 0.15) is 11.3 Å². The van der Waals surface area contributed by atoms with E-state index in [4.69, 9.17) is 0 Å². The van der Waals surface area contributed by atoms with E-state index in [2.05, 4.69) is 0 Å². The zero-order valence-electron chi connectivity index (χ0n) is 13.3. The van der Waals surface area contributed by atoms with Crippen molar-refractivity contribution in [1.82, 2.24) is 4.40 Å². The van der Waals surface area contributed by atoms with Gasteiger partial charge < -0.3 is 16.1 Å². The average molecular weight is 519 g/mol. The van der Waals surface area contributed by atoms with E-state index in [-0.39, 0.29) is 65.7 Å². The van der Waals surface area contributed by atoms with Crippen molar-refractivity contribution < 1.29 is 83.4 Å². The number of benzene rings is 2. The van der Waals surface area contributed by atoms with Crippen LogP contribution < -0.4 is 5.56 Å². The minimum Gasteiger partial charge on any atom is -0.506 e. The van der Waals surface area contributed by atoms with Gasteiger partial charge in [-0.3, -0.25) is 14.0 Å². The number of Topliss-reactive ketones (excluding diaryl/α,β-unsaturated/α-hetero) is 1. The molecule has 0 amide bonds. The van der Waals surface area contributed by atoms with Crippen LogP contribution >= 0.6 is 0 Å². The van der Waals surface area contributed by atoms with Gasteiger partial charge in [-0.1, -0.05) is 30.3 Å². The van der Waals surface area contributed by atoms with Gasteiger partial charge in [0.05, 0.1) is 11.0 Å². The fourth-order valence-corrected chi connectivity index (χ4v) is 3.11. The number of carbonyl (C=O) groups is 1. The third-order valence-corrected chi connectivity index (χ3v) is 4.09.